The first kappa shape index (κ1) is 22.4. The van der Waals surface area contributed by atoms with E-state index in [1.807, 2.05) is 40.3 Å². The molecule has 0 unspecified atom stereocenters. The van der Waals surface area contributed by atoms with Gasteiger partial charge in [-0.05, 0) is 55.0 Å². The number of hydrogen-bond donors (Lipinski definition) is 1. The van der Waals surface area contributed by atoms with Crippen LogP contribution >= 0.6 is 0 Å². The van der Waals surface area contributed by atoms with Gasteiger partial charge in [0.15, 0.2) is 0 Å². The molecule has 1 aromatic heterocycles. The van der Waals surface area contributed by atoms with E-state index in [0.717, 1.165) is 42.1 Å². The molecule has 0 atom stereocenters. The van der Waals surface area contributed by atoms with E-state index in [2.05, 4.69) is 23.2 Å². The number of carbonyl (C=O) groups excluding carboxylic acids is 2. The van der Waals surface area contributed by atoms with E-state index < -0.39 is 0 Å². The van der Waals surface area contributed by atoms with Crippen LogP contribution in [0, 0.1) is 11.7 Å². The third kappa shape index (κ3) is 4.76. The van der Waals surface area contributed by atoms with Gasteiger partial charge in [-0.3, -0.25) is 9.59 Å². The van der Waals surface area contributed by atoms with E-state index in [1.165, 1.54) is 23.3 Å². The average Bonchev–Trinajstić information content (AvgIpc) is 3.30. The number of hydrogen-bond acceptors (Lipinski definition) is 2. The van der Waals surface area contributed by atoms with Crippen LogP contribution in [-0.2, 0) is 16.0 Å². The van der Waals surface area contributed by atoms with Crippen LogP contribution in [0.15, 0.2) is 60.8 Å². The normalized spacial score (nSPS) is 17.1. The van der Waals surface area contributed by atoms with Crippen LogP contribution in [0.3, 0.4) is 0 Å². The summed E-state index contributed by atoms with van der Waals surface area (Å²) in [5.74, 6) is 0.120. The summed E-state index contributed by atoms with van der Waals surface area (Å²) in [6.07, 6.45) is 7.57. The second-order valence-corrected chi connectivity index (χ2v) is 9.30. The van der Waals surface area contributed by atoms with Crippen LogP contribution in [-0.4, -0.2) is 52.8 Å². The fraction of sp³-hybridized carbons (Fsp3) is 0.357. The molecule has 0 bridgehead atoms. The minimum absolute atomic E-state index is 0.0100. The molecule has 2 aliphatic rings. The molecule has 6 heteroatoms. The molecule has 0 spiro atoms. The highest BCUT2D eigenvalue weighted by Gasteiger charge is 2.31. The third-order valence-corrected chi connectivity index (χ3v) is 7.18. The molecule has 2 aromatic carbocycles. The Labute approximate surface area is 199 Å². The molecule has 2 aliphatic heterocycles. The van der Waals surface area contributed by atoms with E-state index >= 15 is 0 Å². The SMILES string of the molecule is O=C(CCc1ccccc1)N1CCC(C(=O)N2CC=C(c3c[nH]c4cc(F)ccc34)CC2)CC1. The Morgan fingerprint density at radius 2 is 1.79 bits per heavy atom. The van der Waals surface area contributed by atoms with Crippen molar-refractivity contribution in [2.75, 3.05) is 26.2 Å². The van der Waals surface area contributed by atoms with Crippen LogP contribution in [0.25, 0.3) is 16.5 Å². The largest absolute Gasteiger partial charge is 0.360 e. The molecule has 0 radical (unpaired) electrons. The number of aromatic nitrogens is 1. The molecule has 176 valence electrons. The van der Waals surface area contributed by atoms with Gasteiger partial charge in [-0.15, -0.1) is 0 Å². The zero-order valence-corrected chi connectivity index (χ0v) is 19.3. The molecule has 0 saturated carbocycles. The second kappa shape index (κ2) is 9.84. The van der Waals surface area contributed by atoms with E-state index in [1.54, 1.807) is 0 Å². The first-order valence-corrected chi connectivity index (χ1v) is 12.1. The summed E-state index contributed by atoms with van der Waals surface area (Å²) in [5, 5.41) is 1.01. The molecule has 3 heterocycles. The summed E-state index contributed by atoms with van der Waals surface area (Å²) < 4.78 is 13.5. The summed E-state index contributed by atoms with van der Waals surface area (Å²) in [5.41, 5.74) is 4.25. The minimum atomic E-state index is -0.251. The van der Waals surface area contributed by atoms with Gasteiger partial charge in [0, 0.05) is 61.2 Å². The van der Waals surface area contributed by atoms with Crippen molar-refractivity contribution in [3.8, 4) is 0 Å². The first-order valence-electron chi connectivity index (χ1n) is 12.1. The number of nitrogens with one attached hydrogen (secondary N) is 1. The van der Waals surface area contributed by atoms with Crippen LogP contribution in [0.5, 0.6) is 0 Å². The van der Waals surface area contributed by atoms with Crippen LogP contribution in [0.2, 0.25) is 0 Å². The van der Waals surface area contributed by atoms with Crippen molar-refractivity contribution < 1.29 is 14.0 Å². The molecule has 3 aromatic rings. The number of carbonyl (C=O) groups is 2. The van der Waals surface area contributed by atoms with Crippen molar-refractivity contribution in [3.63, 3.8) is 0 Å². The summed E-state index contributed by atoms with van der Waals surface area (Å²) in [4.78, 5) is 32.7. The van der Waals surface area contributed by atoms with Crippen LogP contribution in [0.4, 0.5) is 4.39 Å². The molecule has 1 fully saturated rings. The summed E-state index contributed by atoms with van der Waals surface area (Å²) in [6, 6.07) is 14.9. The van der Waals surface area contributed by atoms with E-state index in [9.17, 15) is 14.0 Å². The lowest BCUT2D eigenvalue weighted by Gasteiger charge is -2.35. The van der Waals surface area contributed by atoms with Gasteiger partial charge in [0.05, 0.1) is 0 Å². The van der Waals surface area contributed by atoms with Gasteiger partial charge in [-0.2, -0.15) is 0 Å². The maximum absolute atomic E-state index is 13.5. The minimum Gasteiger partial charge on any atom is -0.360 e. The number of rotatable bonds is 5. The topological polar surface area (TPSA) is 56.4 Å². The Balaban J connectivity index is 1.13. The van der Waals surface area contributed by atoms with Crippen molar-refractivity contribution in [1.82, 2.24) is 14.8 Å². The van der Waals surface area contributed by atoms with Crippen LogP contribution in [0.1, 0.15) is 36.8 Å². The van der Waals surface area contributed by atoms with Crippen molar-refractivity contribution in [1.29, 1.82) is 0 Å². The van der Waals surface area contributed by atoms with Crippen molar-refractivity contribution in [2.24, 2.45) is 5.92 Å². The molecular weight excluding hydrogens is 429 g/mol. The first-order chi connectivity index (χ1) is 16.6. The van der Waals surface area contributed by atoms with E-state index in [4.69, 9.17) is 0 Å². The molecule has 2 amide bonds. The predicted octanol–water partition coefficient (Wildman–Crippen LogP) is 4.79. The fourth-order valence-electron chi connectivity index (χ4n) is 5.17. The predicted molar refractivity (Wildman–Crippen MR) is 131 cm³/mol. The number of H-pyrrole nitrogens is 1. The van der Waals surface area contributed by atoms with Gasteiger partial charge in [0.25, 0.3) is 0 Å². The number of piperidine rings is 1. The van der Waals surface area contributed by atoms with Crippen molar-refractivity contribution in [2.45, 2.75) is 32.1 Å². The highest BCUT2D eigenvalue weighted by Crippen LogP contribution is 2.30. The lowest BCUT2D eigenvalue weighted by atomic mass is 9.93. The van der Waals surface area contributed by atoms with Crippen LogP contribution < -0.4 is 0 Å². The monoisotopic (exact) mass is 459 g/mol. The zero-order valence-electron chi connectivity index (χ0n) is 19.3. The average molecular weight is 460 g/mol. The third-order valence-electron chi connectivity index (χ3n) is 7.18. The molecule has 1 N–H and O–H groups in total. The number of halogens is 1. The number of amides is 2. The van der Waals surface area contributed by atoms with E-state index in [-0.39, 0.29) is 23.5 Å². The molecule has 34 heavy (non-hydrogen) atoms. The van der Waals surface area contributed by atoms with E-state index in [0.29, 0.717) is 32.6 Å². The molecule has 5 nitrogen and oxygen atoms in total. The lowest BCUT2D eigenvalue weighted by molar-refractivity contribution is -0.140. The Hall–Kier alpha value is -3.41. The zero-order chi connectivity index (χ0) is 23.5. The Morgan fingerprint density at radius 3 is 2.53 bits per heavy atom. The van der Waals surface area contributed by atoms with Gasteiger partial charge < -0.3 is 14.8 Å². The fourth-order valence-corrected chi connectivity index (χ4v) is 5.17. The second-order valence-electron chi connectivity index (χ2n) is 9.30. The van der Waals surface area contributed by atoms with Gasteiger partial charge in [0.2, 0.25) is 11.8 Å². The summed E-state index contributed by atoms with van der Waals surface area (Å²) in [6.45, 7) is 2.60. The number of nitrogens with zero attached hydrogens (tertiary/aromatic N) is 2. The molecule has 5 rings (SSSR count). The summed E-state index contributed by atoms with van der Waals surface area (Å²) in [7, 11) is 0. The van der Waals surface area contributed by atoms with Gasteiger partial charge in [-0.25, -0.2) is 4.39 Å². The lowest BCUT2D eigenvalue weighted by Crippen LogP contribution is -2.45. The van der Waals surface area contributed by atoms with Gasteiger partial charge in [-0.1, -0.05) is 36.4 Å². The molecular formula is C28H30FN3O2. The molecule has 0 aliphatic carbocycles. The van der Waals surface area contributed by atoms with Gasteiger partial charge >= 0.3 is 0 Å². The quantitative estimate of drug-likeness (QED) is 0.596. The number of benzene rings is 2. The standard InChI is InChI=1S/C28H30FN3O2/c29-23-7-8-24-25(19-30-26(24)18-23)21-10-16-32(17-11-21)28(34)22-12-14-31(15-13-22)27(33)9-6-20-4-2-1-3-5-20/h1-5,7-8,10,18-19,22,30H,6,9,11-17H2. The smallest absolute Gasteiger partial charge is 0.226 e. The maximum Gasteiger partial charge on any atom is 0.226 e. The number of likely N-dealkylation sites (tertiary alicyclic amines) is 1. The Kier molecular flexibility index (Phi) is 6.48. The number of fused-ring (bicyclic) bond motifs is 1. The number of aryl methyl sites for hydroxylation is 1. The number of aromatic amines is 1. The summed E-state index contributed by atoms with van der Waals surface area (Å²) >= 11 is 0. The Morgan fingerprint density at radius 1 is 1.00 bits per heavy atom. The van der Waals surface area contributed by atoms with Crippen molar-refractivity contribution in [3.05, 3.63) is 77.7 Å². The maximum atomic E-state index is 13.5. The highest BCUT2D eigenvalue weighted by molar-refractivity contribution is 5.93. The Bertz CT molecular complexity index is 1210. The van der Waals surface area contributed by atoms with Gasteiger partial charge in [0.1, 0.15) is 5.82 Å². The molecule has 1 saturated heterocycles. The highest BCUT2D eigenvalue weighted by atomic mass is 19.1. The van der Waals surface area contributed by atoms with Crippen molar-refractivity contribution >= 4 is 28.3 Å².